The van der Waals surface area contributed by atoms with Gasteiger partial charge in [0.1, 0.15) is 17.7 Å². The normalized spacial score (nSPS) is 12.0. The maximum absolute atomic E-state index is 5.75. The average molecular weight is 433 g/mol. The molecule has 0 radical (unpaired) electrons. The number of rotatable bonds is 4. The molecule has 8 heteroatoms. The van der Waals surface area contributed by atoms with Gasteiger partial charge in [-0.1, -0.05) is 25.9 Å². The van der Waals surface area contributed by atoms with E-state index in [9.17, 15) is 0 Å². The van der Waals surface area contributed by atoms with Crippen LogP contribution in [0.1, 0.15) is 38.1 Å². The van der Waals surface area contributed by atoms with Gasteiger partial charge in [0, 0.05) is 25.6 Å². The number of nitrogens with one attached hydrogen (secondary N) is 1. The highest BCUT2D eigenvalue weighted by Gasteiger charge is 2.19. The molecule has 2 rings (SSSR count). The van der Waals surface area contributed by atoms with E-state index in [0.717, 1.165) is 17.4 Å². The standard InChI is InChI=1S/C15H23N5O2.HI/c1-15(2,3)12-8-17-13(22-12)9-18-14(16-4)20(5)10-11-6-7-21-19-11;/h6-8H,9-10H2,1-5H3,(H,16,18);1H. The van der Waals surface area contributed by atoms with E-state index in [-0.39, 0.29) is 29.4 Å². The van der Waals surface area contributed by atoms with Crippen molar-refractivity contribution in [2.75, 3.05) is 14.1 Å². The largest absolute Gasteiger partial charge is 0.443 e. The summed E-state index contributed by atoms with van der Waals surface area (Å²) in [5, 5.41) is 7.12. The second-order valence-electron chi connectivity index (χ2n) is 6.12. The lowest BCUT2D eigenvalue weighted by Crippen LogP contribution is -2.38. The molecule has 0 aliphatic heterocycles. The molecule has 0 amide bonds. The fourth-order valence-electron chi connectivity index (χ4n) is 1.92. The molecular weight excluding hydrogens is 409 g/mol. The zero-order valence-corrected chi connectivity index (χ0v) is 16.5. The van der Waals surface area contributed by atoms with Crippen LogP contribution in [0, 0.1) is 0 Å². The van der Waals surface area contributed by atoms with E-state index in [1.807, 2.05) is 18.0 Å². The molecule has 0 bridgehead atoms. The van der Waals surface area contributed by atoms with Gasteiger partial charge in [0.2, 0.25) is 5.89 Å². The first-order valence-corrected chi connectivity index (χ1v) is 7.16. The third kappa shape index (κ3) is 5.52. The number of nitrogens with zero attached hydrogens (tertiary/aromatic N) is 4. The number of guanidine groups is 1. The molecule has 0 fully saturated rings. The first-order valence-electron chi connectivity index (χ1n) is 7.16. The van der Waals surface area contributed by atoms with E-state index in [1.165, 1.54) is 0 Å². The van der Waals surface area contributed by atoms with Crippen LogP contribution < -0.4 is 5.32 Å². The third-order valence-corrected chi connectivity index (χ3v) is 3.15. The summed E-state index contributed by atoms with van der Waals surface area (Å²) in [4.78, 5) is 10.5. The van der Waals surface area contributed by atoms with Crippen LogP contribution in [-0.2, 0) is 18.5 Å². The van der Waals surface area contributed by atoms with Gasteiger partial charge in [-0.05, 0) is 0 Å². The van der Waals surface area contributed by atoms with Crippen molar-refractivity contribution in [1.82, 2.24) is 20.4 Å². The molecule has 128 valence electrons. The molecule has 2 aromatic heterocycles. The average Bonchev–Trinajstić information content (AvgIpc) is 3.09. The van der Waals surface area contributed by atoms with Gasteiger partial charge in [-0.3, -0.25) is 4.99 Å². The van der Waals surface area contributed by atoms with Crippen molar-refractivity contribution in [3.8, 4) is 0 Å². The summed E-state index contributed by atoms with van der Waals surface area (Å²) in [6.07, 6.45) is 3.33. The molecule has 0 unspecified atom stereocenters. The lowest BCUT2D eigenvalue weighted by Gasteiger charge is -2.20. The number of halogens is 1. The molecule has 0 saturated carbocycles. The van der Waals surface area contributed by atoms with Gasteiger partial charge in [0.25, 0.3) is 0 Å². The van der Waals surface area contributed by atoms with Gasteiger partial charge >= 0.3 is 0 Å². The van der Waals surface area contributed by atoms with Gasteiger partial charge in [-0.15, -0.1) is 24.0 Å². The Morgan fingerprint density at radius 1 is 1.39 bits per heavy atom. The minimum absolute atomic E-state index is 0. The summed E-state index contributed by atoms with van der Waals surface area (Å²) in [7, 11) is 3.66. The molecule has 0 aromatic carbocycles. The monoisotopic (exact) mass is 433 g/mol. The van der Waals surface area contributed by atoms with E-state index in [2.05, 4.69) is 41.2 Å². The fourth-order valence-corrected chi connectivity index (χ4v) is 1.92. The summed E-state index contributed by atoms with van der Waals surface area (Å²) in [6.45, 7) is 7.36. The highest BCUT2D eigenvalue weighted by atomic mass is 127. The maximum Gasteiger partial charge on any atom is 0.213 e. The molecule has 23 heavy (non-hydrogen) atoms. The van der Waals surface area contributed by atoms with Crippen LogP contribution >= 0.6 is 24.0 Å². The van der Waals surface area contributed by atoms with Crippen molar-refractivity contribution in [3.05, 3.63) is 35.9 Å². The Morgan fingerprint density at radius 3 is 2.65 bits per heavy atom. The van der Waals surface area contributed by atoms with Crippen LogP contribution in [0.15, 0.2) is 32.5 Å². The quantitative estimate of drug-likeness (QED) is 0.454. The summed E-state index contributed by atoms with van der Waals surface area (Å²) in [5.41, 5.74) is 0.799. The molecule has 2 heterocycles. The predicted molar refractivity (Wildman–Crippen MR) is 98.8 cm³/mol. The number of hydrogen-bond acceptors (Lipinski definition) is 5. The highest BCUT2D eigenvalue weighted by molar-refractivity contribution is 14.0. The van der Waals surface area contributed by atoms with Crippen LogP contribution in [0.5, 0.6) is 0 Å². The van der Waals surface area contributed by atoms with Crippen molar-refractivity contribution in [2.24, 2.45) is 4.99 Å². The second kappa shape index (κ2) is 8.32. The topological polar surface area (TPSA) is 79.7 Å². The second-order valence-corrected chi connectivity index (χ2v) is 6.12. The molecular formula is C15H24IN5O2. The van der Waals surface area contributed by atoms with Crippen molar-refractivity contribution in [3.63, 3.8) is 0 Å². The number of aromatic nitrogens is 2. The lowest BCUT2D eigenvalue weighted by molar-refractivity contribution is 0.373. The zero-order valence-electron chi connectivity index (χ0n) is 14.2. The van der Waals surface area contributed by atoms with Crippen molar-refractivity contribution in [1.29, 1.82) is 0 Å². The first kappa shape index (κ1) is 19.5. The Hall–Kier alpha value is -1.58. The minimum atomic E-state index is -0.0450. The smallest absolute Gasteiger partial charge is 0.213 e. The molecule has 0 atom stereocenters. The van der Waals surface area contributed by atoms with Gasteiger partial charge in [-0.25, -0.2) is 4.98 Å². The van der Waals surface area contributed by atoms with Gasteiger partial charge < -0.3 is 19.2 Å². The van der Waals surface area contributed by atoms with E-state index in [0.29, 0.717) is 19.0 Å². The third-order valence-electron chi connectivity index (χ3n) is 3.15. The van der Waals surface area contributed by atoms with Crippen molar-refractivity contribution >= 4 is 29.9 Å². The van der Waals surface area contributed by atoms with Crippen molar-refractivity contribution in [2.45, 2.75) is 39.3 Å². The molecule has 0 aliphatic rings. The Labute approximate surface area is 153 Å². The lowest BCUT2D eigenvalue weighted by atomic mass is 9.94. The summed E-state index contributed by atoms with van der Waals surface area (Å²) >= 11 is 0. The first-order chi connectivity index (χ1) is 10.4. The fraction of sp³-hybridized carbons (Fsp3) is 0.533. The highest BCUT2D eigenvalue weighted by Crippen LogP contribution is 2.22. The van der Waals surface area contributed by atoms with Gasteiger partial charge in [0.05, 0.1) is 19.3 Å². The molecule has 1 N–H and O–H groups in total. The van der Waals surface area contributed by atoms with Crippen LogP contribution in [0.3, 0.4) is 0 Å². The van der Waals surface area contributed by atoms with Gasteiger partial charge in [-0.2, -0.15) is 0 Å². The Kier molecular flexibility index (Phi) is 7.04. The van der Waals surface area contributed by atoms with E-state index < -0.39 is 0 Å². The van der Waals surface area contributed by atoms with Gasteiger partial charge in [0.15, 0.2) is 5.96 Å². The number of hydrogen-bond donors (Lipinski definition) is 1. The Bertz CT molecular complexity index is 616. The molecule has 7 nitrogen and oxygen atoms in total. The van der Waals surface area contributed by atoms with Crippen LogP contribution in [0.4, 0.5) is 0 Å². The number of oxazole rings is 1. The van der Waals surface area contributed by atoms with E-state index in [4.69, 9.17) is 8.94 Å². The Morgan fingerprint density at radius 2 is 2.13 bits per heavy atom. The molecule has 0 saturated heterocycles. The molecule has 0 aliphatic carbocycles. The SMILES string of the molecule is CN=C(NCc1ncc(C(C)(C)C)o1)N(C)Cc1ccon1.I. The van der Waals surface area contributed by atoms with E-state index >= 15 is 0 Å². The van der Waals surface area contributed by atoms with Crippen LogP contribution in [-0.4, -0.2) is 35.1 Å². The molecule has 0 spiro atoms. The van der Waals surface area contributed by atoms with E-state index in [1.54, 1.807) is 19.5 Å². The minimum Gasteiger partial charge on any atom is -0.443 e. The summed E-state index contributed by atoms with van der Waals surface area (Å²) in [5.74, 6) is 2.25. The summed E-state index contributed by atoms with van der Waals surface area (Å²) < 4.78 is 10.6. The number of aliphatic imine (C=N–C) groups is 1. The maximum atomic E-state index is 5.75. The predicted octanol–water partition coefficient (Wildman–Crippen LogP) is 2.79. The van der Waals surface area contributed by atoms with Crippen LogP contribution in [0.2, 0.25) is 0 Å². The zero-order chi connectivity index (χ0) is 16.2. The van der Waals surface area contributed by atoms with Crippen LogP contribution in [0.25, 0.3) is 0 Å². The molecule has 2 aromatic rings. The van der Waals surface area contributed by atoms with Crippen molar-refractivity contribution < 1.29 is 8.94 Å². The summed E-state index contributed by atoms with van der Waals surface area (Å²) in [6, 6.07) is 1.83. The Balaban J connectivity index is 0.00000264.